The zero-order chi connectivity index (χ0) is 11.8. The first-order valence-electron chi connectivity index (χ1n) is 6.23. The second-order valence-corrected chi connectivity index (χ2v) is 5.41. The molecule has 4 heteroatoms. The van der Waals surface area contributed by atoms with Gasteiger partial charge in [0.25, 0.3) is 0 Å². The van der Waals surface area contributed by atoms with E-state index in [1.807, 2.05) is 6.92 Å². The van der Waals surface area contributed by atoms with Crippen molar-refractivity contribution < 1.29 is 9.53 Å². The van der Waals surface area contributed by atoms with Crippen LogP contribution in [0, 0.1) is 5.92 Å². The summed E-state index contributed by atoms with van der Waals surface area (Å²) in [6, 6.07) is 0.250. The van der Waals surface area contributed by atoms with E-state index in [1.54, 1.807) is 11.8 Å². The topological polar surface area (TPSA) is 52.3 Å². The molecule has 0 radical (unpaired) electrons. The van der Waals surface area contributed by atoms with E-state index in [-0.39, 0.29) is 12.0 Å². The van der Waals surface area contributed by atoms with Gasteiger partial charge in [0, 0.05) is 11.8 Å². The predicted octanol–water partition coefficient (Wildman–Crippen LogP) is 2.19. The van der Waals surface area contributed by atoms with Gasteiger partial charge >= 0.3 is 5.97 Å². The van der Waals surface area contributed by atoms with E-state index in [2.05, 4.69) is 0 Å². The highest BCUT2D eigenvalue weighted by atomic mass is 32.2. The molecule has 0 aromatic rings. The van der Waals surface area contributed by atoms with Gasteiger partial charge in [-0.2, -0.15) is 0 Å². The maximum absolute atomic E-state index is 11.1. The van der Waals surface area contributed by atoms with Crippen molar-refractivity contribution in [2.24, 2.45) is 11.7 Å². The van der Waals surface area contributed by atoms with Crippen LogP contribution in [0.2, 0.25) is 0 Å². The lowest BCUT2D eigenvalue weighted by molar-refractivity contribution is -0.139. The van der Waals surface area contributed by atoms with Crippen molar-refractivity contribution in [1.29, 1.82) is 0 Å². The molecule has 0 aliphatic heterocycles. The summed E-state index contributed by atoms with van der Waals surface area (Å²) >= 11 is 1.60. The first-order valence-corrected chi connectivity index (χ1v) is 7.38. The molecule has 1 unspecified atom stereocenters. The number of carbonyl (C=O) groups excluding carboxylic acids is 1. The lowest BCUT2D eigenvalue weighted by atomic mass is 9.85. The van der Waals surface area contributed by atoms with Crippen LogP contribution in [-0.4, -0.2) is 30.1 Å². The molecule has 1 aliphatic rings. The van der Waals surface area contributed by atoms with Gasteiger partial charge in [0.05, 0.1) is 12.4 Å². The Morgan fingerprint density at radius 1 is 1.44 bits per heavy atom. The fourth-order valence-electron chi connectivity index (χ4n) is 2.18. The number of carbonyl (C=O) groups is 1. The molecule has 1 aliphatic carbocycles. The summed E-state index contributed by atoms with van der Waals surface area (Å²) in [6.07, 6.45) is 6.53. The average molecular weight is 245 g/mol. The van der Waals surface area contributed by atoms with E-state index in [0.29, 0.717) is 18.3 Å². The van der Waals surface area contributed by atoms with Gasteiger partial charge in [-0.3, -0.25) is 4.79 Å². The van der Waals surface area contributed by atoms with Crippen molar-refractivity contribution in [2.75, 3.05) is 18.1 Å². The summed E-state index contributed by atoms with van der Waals surface area (Å²) < 4.78 is 4.87. The van der Waals surface area contributed by atoms with Crippen LogP contribution in [0.3, 0.4) is 0 Å². The Morgan fingerprint density at radius 2 is 2.12 bits per heavy atom. The summed E-state index contributed by atoms with van der Waals surface area (Å²) in [5.41, 5.74) is 6.14. The van der Waals surface area contributed by atoms with E-state index in [9.17, 15) is 4.79 Å². The van der Waals surface area contributed by atoms with Gasteiger partial charge in [-0.25, -0.2) is 0 Å². The Kier molecular flexibility index (Phi) is 6.88. The van der Waals surface area contributed by atoms with Crippen molar-refractivity contribution in [1.82, 2.24) is 0 Å². The molecule has 1 rings (SSSR count). The number of rotatable bonds is 6. The van der Waals surface area contributed by atoms with Crippen molar-refractivity contribution in [3.63, 3.8) is 0 Å². The third-order valence-electron chi connectivity index (χ3n) is 3.09. The number of hydrogen-bond acceptors (Lipinski definition) is 4. The Balaban J connectivity index is 2.09. The summed E-state index contributed by atoms with van der Waals surface area (Å²) in [4.78, 5) is 11.1. The van der Waals surface area contributed by atoms with E-state index in [0.717, 1.165) is 5.75 Å². The first kappa shape index (κ1) is 13.8. The minimum absolute atomic E-state index is 0.122. The van der Waals surface area contributed by atoms with Crippen molar-refractivity contribution in [3.05, 3.63) is 0 Å². The number of ether oxygens (including phenoxy) is 1. The van der Waals surface area contributed by atoms with Crippen LogP contribution in [0.15, 0.2) is 0 Å². The molecule has 94 valence electrons. The summed E-state index contributed by atoms with van der Waals surface area (Å²) in [6.45, 7) is 2.30. The molecule has 2 N–H and O–H groups in total. The molecule has 3 nitrogen and oxygen atoms in total. The zero-order valence-electron chi connectivity index (χ0n) is 10.1. The molecule has 0 amide bonds. The van der Waals surface area contributed by atoms with Gasteiger partial charge in [0.15, 0.2) is 0 Å². The normalized spacial score (nSPS) is 19.4. The summed E-state index contributed by atoms with van der Waals surface area (Å²) in [7, 11) is 0. The zero-order valence-corrected chi connectivity index (χ0v) is 10.9. The number of nitrogens with two attached hydrogens (primary N) is 1. The van der Waals surface area contributed by atoms with Crippen molar-refractivity contribution >= 4 is 17.7 Å². The molecule has 1 fully saturated rings. The van der Waals surface area contributed by atoms with E-state index in [1.165, 1.54) is 32.1 Å². The maximum Gasteiger partial charge on any atom is 0.315 e. The van der Waals surface area contributed by atoms with Gasteiger partial charge < -0.3 is 10.5 Å². The second-order valence-electron chi connectivity index (χ2n) is 4.38. The van der Waals surface area contributed by atoms with Gasteiger partial charge in [-0.05, 0) is 25.7 Å². The molecule has 0 bridgehead atoms. The molecule has 0 aromatic heterocycles. The highest BCUT2D eigenvalue weighted by Gasteiger charge is 2.20. The number of esters is 1. The Morgan fingerprint density at radius 3 is 2.75 bits per heavy atom. The minimum atomic E-state index is -0.122. The largest absolute Gasteiger partial charge is 0.465 e. The molecule has 1 saturated carbocycles. The SMILES string of the molecule is CCOC(=O)CSCC(N)C1CCCCC1. The van der Waals surface area contributed by atoms with Gasteiger partial charge in [0.2, 0.25) is 0 Å². The number of hydrogen-bond donors (Lipinski definition) is 1. The first-order chi connectivity index (χ1) is 7.74. The fraction of sp³-hybridized carbons (Fsp3) is 0.917. The monoisotopic (exact) mass is 245 g/mol. The van der Waals surface area contributed by atoms with E-state index >= 15 is 0 Å². The third kappa shape index (κ3) is 5.21. The van der Waals surface area contributed by atoms with Crippen LogP contribution in [0.25, 0.3) is 0 Å². The number of thioether (sulfide) groups is 1. The van der Waals surface area contributed by atoms with Gasteiger partial charge in [0.1, 0.15) is 0 Å². The second kappa shape index (κ2) is 7.96. The Labute approximate surface area is 102 Å². The minimum Gasteiger partial charge on any atom is -0.465 e. The lowest BCUT2D eigenvalue weighted by Gasteiger charge is -2.27. The van der Waals surface area contributed by atoms with Crippen LogP contribution in [0.4, 0.5) is 0 Å². The van der Waals surface area contributed by atoms with E-state index in [4.69, 9.17) is 10.5 Å². The summed E-state index contributed by atoms with van der Waals surface area (Å²) in [5, 5.41) is 0. The molecular formula is C12H23NO2S. The Hall–Kier alpha value is -0.220. The molecular weight excluding hydrogens is 222 g/mol. The van der Waals surface area contributed by atoms with Crippen LogP contribution in [0.5, 0.6) is 0 Å². The Bertz CT molecular complexity index is 205. The highest BCUT2D eigenvalue weighted by Crippen LogP contribution is 2.26. The van der Waals surface area contributed by atoms with Crippen molar-refractivity contribution in [3.8, 4) is 0 Å². The molecule has 0 aromatic carbocycles. The van der Waals surface area contributed by atoms with Crippen molar-refractivity contribution in [2.45, 2.75) is 45.1 Å². The van der Waals surface area contributed by atoms with Gasteiger partial charge in [-0.1, -0.05) is 19.3 Å². The average Bonchev–Trinajstić information content (AvgIpc) is 2.30. The lowest BCUT2D eigenvalue weighted by Crippen LogP contribution is -2.34. The third-order valence-corrected chi connectivity index (χ3v) is 4.15. The van der Waals surface area contributed by atoms with Crippen LogP contribution in [-0.2, 0) is 9.53 Å². The van der Waals surface area contributed by atoms with E-state index < -0.39 is 0 Å². The summed E-state index contributed by atoms with van der Waals surface area (Å²) in [5.74, 6) is 1.87. The van der Waals surface area contributed by atoms with Gasteiger partial charge in [-0.15, -0.1) is 11.8 Å². The van der Waals surface area contributed by atoms with Crippen LogP contribution >= 0.6 is 11.8 Å². The smallest absolute Gasteiger partial charge is 0.315 e. The molecule has 0 spiro atoms. The van der Waals surface area contributed by atoms with Crippen LogP contribution < -0.4 is 5.73 Å². The fourth-order valence-corrected chi connectivity index (χ4v) is 3.09. The molecule has 16 heavy (non-hydrogen) atoms. The molecule has 0 saturated heterocycles. The quantitative estimate of drug-likeness (QED) is 0.729. The molecule has 1 atom stereocenters. The standard InChI is InChI=1S/C12H23NO2S/c1-2-15-12(14)9-16-8-11(13)10-6-4-3-5-7-10/h10-11H,2-9,13H2,1H3. The maximum atomic E-state index is 11.1. The van der Waals surface area contributed by atoms with Crippen LogP contribution in [0.1, 0.15) is 39.0 Å². The molecule has 0 heterocycles. The highest BCUT2D eigenvalue weighted by molar-refractivity contribution is 7.99. The predicted molar refractivity (Wildman–Crippen MR) is 68.5 cm³/mol.